The molecular formula is C33H35ClN6O2. The molecule has 5 N–H and O–H groups in total. The summed E-state index contributed by atoms with van der Waals surface area (Å²) in [4.78, 5) is 31.8. The molecule has 0 bridgehead atoms. The lowest BCUT2D eigenvalue weighted by Crippen LogP contribution is -2.38. The highest BCUT2D eigenvalue weighted by Gasteiger charge is 2.39. The lowest BCUT2D eigenvalue weighted by molar-refractivity contribution is -0.124. The zero-order valence-electron chi connectivity index (χ0n) is 23.4. The summed E-state index contributed by atoms with van der Waals surface area (Å²) in [7, 11) is 0. The molecule has 9 heteroatoms. The Morgan fingerprint density at radius 1 is 1.07 bits per heavy atom. The normalized spacial score (nSPS) is 17.9. The first kappa shape index (κ1) is 28.0. The predicted octanol–water partition coefficient (Wildman–Crippen LogP) is 5.67. The molecule has 0 spiro atoms. The van der Waals surface area contributed by atoms with E-state index in [4.69, 9.17) is 22.7 Å². The smallest absolute Gasteiger partial charge is 0.294 e. The zero-order valence-corrected chi connectivity index (χ0v) is 24.2. The lowest BCUT2D eigenvalue weighted by Gasteiger charge is -2.27. The number of aromatic nitrogens is 2. The summed E-state index contributed by atoms with van der Waals surface area (Å²) in [6.45, 7) is 0.301. The molecule has 1 fully saturated rings. The number of anilines is 1. The Kier molecular flexibility index (Phi) is 7.98. The van der Waals surface area contributed by atoms with E-state index in [1.54, 1.807) is 16.7 Å². The minimum Gasteiger partial charge on any atom is -0.384 e. The number of nitrogen functional groups attached to an aromatic ring is 1. The number of nitrogens with zero attached hydrogens (tertiary/aromatic N) is 2. The van der Waals surface area contributed by atoms with Crippen LogP contribution in [0.1, 0.15) is 72.9 Å². The number of carbonyl (C=O) groups excluding carboxylic acids is 1. The second-order valence-electron chi connectivity index (χ2n) is 11.4. The molecule has 2 aliphatic rings. The van der Waals surface area contributed by atoms with Crippen molar-refractivity contribution in [3.63, 3.8) is 0 Å². The molecule has 42 heavy (non-hydrogen) atoms. The maximum atomic E-state index is 13.7. The standard InChI is InChI=1S/C33H35ClN6O2/c34-29-28-24(10-4-9-22-8-3-7-21-6-1-2-13-26(21)22)18-27(40(28)33(42)31(39-29)38-25-11-5-12-25)32(41)37-19-20-14-16-23(17-15-20)30(35)36/h1-3,6-8,13-17,24-25,27H,4-5,9-12,18-19H2,(H3,35,36)(H,37,41)(H,38,39)/t24-,27-/m0/s1. The van der Waals surface area contributed by atoms with Crippen LogP contribution in [0.3, 0.4) is 0 Å². The fourth-order valence-corrected chi connectivity index (χ4v) is 6.49. The number of halogens is 1. The fourth-order valence-electron chi connectivity index (χ4n) is 6.16. The van der Waals surface area contributed by atoms with Gasteiger partial charge in [0, 0.05) is 24.1 Å². The highest BCUT2D eigenvalue weighted by atomic mass is 35.5. The maximum absolute atomic E-state index is 13.7. The Bertz CT molecular complexity index is 1690. The molecule has 4 aromatic rings. The van der Waals surface area contributed by atoms with Crippen molar-refractivity contribution < 1.29 is 4.79 Å². The number of nitrogens with two attached hydrogens (primary N) is 1. The van der Waals surface area contributed by atoms with Crippen molar-refractivity contribution in [2.24, 2.45) is 5.73 Å². The summed E-state index contributed by atoms with van der Waals surface area (Å²) >= 11 is 6.77. The SMILES string of the molecule is N=C(N)c1ccc(CNC(=O)[C@@H]2C[C@H](CCCc3cccc4ccccc34)c3c(Cl)nc(NC4CCC4)c(=O)n32)cc1. The summed E-state index contributed by atoms with van der Waals surface area (Å²) < 4.78 is 1.59. The van der Waals surface area contributed by atoms with Gasteiger partial charge >= 0.3 is 0 Å². The van der Waals surface area contributed by atoms with Gasteiger partial charge in [0.25, 0.3) is 5.56 Å². The molecule has 216 valence electrons. The van der Waals surface area contributed by atoms with E-state index in [0.29, 0.717) is 29.4 Å². The van der Waals surface area contributed by atoms with Gasteiger partial charge < -0.3 is 16.4 Å². The zero-order chi connectivity index (χ0) is 29.2. The van der Waals surface area contributed by atoms with Crippen LogP contribution in [0, 0.1) is 5.41 Å². The Balaban J connectivity index is 1.22. The van der Waals surface area contributed by atoms with Crippen LogP contribution in [0.15, 0.2) is 71.5 Å². The molecule has 0 saturated heterocycles. The van der Waals surface area contributed by atoms with E-state index >= 15 is 0 Å². The van der Waals surface area contributed by atoms with Crippen LogP contribution in [-0.2, 0) is 17.8 Å². The van der Waals surface area contributed by atoms with Gasteiger partial charge in [-0.2, -0.15) is 0 Å². The molecule has 1 aliphatic carbocycles. The second kappa shape index (κ2) is 12.0. The first-order valence-electron chi connectivity index (χ1n) is 14.6. The van der Waals surface area contributed by atoms with Crippen molar-refractivity contribution >= 4 is 39.9 Å². The molecule has 1 aromatic heterocycles. The maximum Gasteiger partial charge on any atom is 0.294 e. The van der Waals surface area contributed by atoms with Gasteiger partial charge in [-0.25, -0.2) is 4.98 Å². The molecule has 0 unspecified atom stereocenters. The van der Waals surface area contributed by atoms with Gasteiger partial charge in [-0.15, -0.1) is 0 Å². The number of fused-ring (bicyclic) bond motifs is 2. The van der Waals surface area contributed by atoms with E-state index in [9.17, 15) is 9.59 Å². The van der Waals surface area contributed by atoms with Crippen molar-refractivity contribution in [3.05, 3.63) is 105 Å². The third-order valence-electron chi connectivity index (χ3n) is 8.67. The number of rotatable bonds is 10. The van der Waals surface area contributed by atoms with Crippen LogP contribution in [0.5, 0.6) is 0 Å². The van der Waals surface area contributed by atoms with Gasteiger partial charge in [0.2, 0.25) is 5.91 Å². The highest BCUT2D eigenvalue weighted by molar-refractivity contribution is 6.30. The number of aryl methyl sites for hydroxylation is 1. The number of hydrogen-bond donors (Lipinski definition) is 4. The summed E-state index contributed by atoms with van der Waals surface area (Å²) in [6.07, 6.45) is 6.16. The van der Waals surface area contributed by atoms with Crippen molar-refractivity contribution in [1.82, 2.24) is 14.9 Å². The van der Waals surface area contributed by atoms with Gasteiger partial charge in [0.05, 0.1) is 5.69 Å². The van der Waals surface area contributed by atoms with Gasteiger partial charge in [0.1, 0.15) is 11.9 Å². The van der Waals surface area contributed by atoms with Crippen molar-refractivity contribution in [2.75, 3.05) is 5.32 Å². The van der Waals surface area contributed by atoms with E-state index in [-0.39, 0.29) is 35.1 Å². The van der Waals surface area contributed by atoms with Gasteiger partial charge in [0.15, 0.2) is 11.0 Å². The van der Waals surface area contributed by atoms with E-state index < -0.39 is 6.04 Å². The summed E-state index contributed by atoms with van der Waals surface area (Å²) in [5.41, 5.74) is 8.73. The van der Waals surface area contributed by atoms with Crippen LogP contribution in [0.2, 0.25) is 5.15 Å². The summed E-state index contributed by atoms with van der Waals surface area (Å²) in [6, 6.07) is 21.5. The average Bonchev–Trinajstić information content (AvgIpc) is 3.37. The number of hydrogen-bond acceptors (Lipinski definition) is 5. The fraction of sp³-hybridized carbons (Fsp3) is 0.333. The summed E-state index contributed by atoms with van der Waals surface area (Å²) in [5, 5.41) is 16.6. The molecule has 1 aliphatic heterocycles. The van der Waals surface area contributed by atoms with E-state index in [2.05, 4.69) is 58.1 Å². The topological polar surface area (TPSA) is 126 Å². The largest absolute Gasteiger partial charge is 0.384 e. The molecule has 2 heterocycles. The molecule has 3 aromatic carbocycles. The molecule has 2 atom stereocenters. The molecule has 8 nitrogen and oxygen atoms in total. The number of carbonyl (C=O) groups is 1. The third-order valence-corrected chi connectivity index (χ3v) is 8.95. The summed E-state index contributed by atoms with van der Waals surface area (Å²) in [5.74, 6) is -0.0586. The van der Waals surface area contributed by atoms with Gasteiger partial charge in [-0.05, 0) is 66.8 Å². The average molecular weight is 583 g/mol. The Morgan fingerprint density at radius 3 is 2.57 bits per heavy atom. The predicted molar refractivity (Wildman–Crippen MR) is 167 cm³/mol. The van der Waals surface area contributed by atoms with Crippen molar-refractivity contribution in [1.29, 1.82) is 5.41 Å². The van der Waals surface area contributed by atoms with E-state index in [1.807, 2.05) is 12.1 Å². The minimum absolute atomic E-state index is 0.00387. The number of nitrogens with one attached hydrogen (secondary N) is 3. The van der Waals surface area contributed by atoms with Crippen LogP contribution in [-0.4, -0.2) is 27.3 Å². The van der Waals surface area contributed by atoms with Gasteiger partial charge in [-0.1, -0.05) is 78.3 Å². The Morgan fingerprint density at radius 2 is 1.83 bits per heavy atom. The quantitative estimate of drug-likeness (QED) is 0.142. The third kappa shape index (κ3) is 5.63. The molecule has 0 radical (unpaired) electrons. The number of amides is 1. The lowest BCUT2D eigenvalue weighted by atomic mass is 9.93. The second-order valence-corrected chi connectivity index (χ2v) is 11.7. The Labute approximate surface area is 249 Å². The van der Waals surface area contributed by atoms with Crippen LogP contribution >= 0.6 is 11.6 Å². The van der Waals surface area contributed by atoms with Crippen LogP contribution in [0.25, 0.3) is 10.8 Å². The van der Waals surface area contributed by atoms with Crippen molar-refractivity contribution in [2.45, 2.75) is 69.5 Å². The highest BCUT2D eigenvalue weighted by Crippen LogP contribution is 2.42. The molecule has 1 amide bonds. The first-order valence-corrected chi connectivity index (χ1v) is 15.0. The number of benzene rings is 3. The molecular weight excluding hydrogens is 548 g/mol. The molecule has 6 rings (SSSR count). The van der Waals surface area contributed by atoms with Crippen LogP contribution < -0.4 is 21.9 Å². The van der Waals surface area contributed by atoms with Gasteiger partial charge in [-0.3, -0.25) is 19.6 Å². The van der Waals surface area contributed by atoms with E-state index in [0.717, 1.165) is 44.1 Å². The van der Waals surface area contributed by atoms with Crippen LogP contribution in [0.4, 0.5) is 5.82 Å². The number of amidine groups is 1. The van der Waals surface area contributed by atoms with Crippen molar-refractivity contribution in [3.8, 4) is 0 Å². The Hall–Kier alpha value is -4.17. The monoisotopic (exact) mass is 582 g/mol. The van der Waals surface area contributed by atoms with E-state index in [1.165, 1.54) is 16.3 Å². The minimum atomic E-state index is -0.672. The first-order chi connectivity index (χ1) is 20.4. The molecule has 1 saturated carbocycles.